The van der Waals surface area contributed by atoms with E-state index >= 15 is 0 Å². The second kappa shape index (κ2) is 3.97. The van der Waals surface area contributed by atoms with Crippen molar-refractivity contribution < 1.29 is 5.11 Å². The summed E-state index contributed by atoms with van der Waals surface area (Å²) in [4.78, 5) is 0. The minimum absolute atomic E-state index is 0.426. The summed E-state index contributed by atoms with van der Waals surface area (Å²) in [6, 6.07) is 0. The first kappa shape index (κ1) is 9.96. The molecule has 0 amide bonds. The normalized spacial score (nSPS) is 17.4. The van der Waals surface area contributed by atoms with Crippen LogP contribution >= 0.6 is 0 Å². The Morgan fingerprint density at radius 3 is 2.20 bits per heavy atom. The molecule has 0 saturated heterocycles. The summed E-state index contributed by atoms with van der Waals surface area (Å²) in [5.41, 5.74) is -0.426. The molecule has 1 N–H and O–H groups in total. The van der Waals surface area contributed by atoms with Crippen LogP contribution in [0.4, 0.5) is 0 Å². The quantitative estimate of drug-likeness (QED) is 0.643. The zero-order valence-corrected chi connectivity index (χ0v) is 7.65. The zero-order chi connectivity index (χ0) is 8.20. The molecule has 1 atom stereocenters. The van der Waals surface area contributed by atoms with Crippen LogP contribution in [0, 0.1) is 5.92 Å². The van der Waals surface area contributed by atoms with Crippen LogP contribution in [0.3, 0.4) is 0 Å². The molecule has 0 rings (SSSR count). The van der Waals surface area contributed by atoms with Crippen molar-refractivity contribution >= 4 is 0 Å². The van der Waals surface area contributed by atoms with E-state index in [1.54, 1.807) is 0 Å². The Kier molecular flexibility index (Phi) is 3.95. The molecule has 0 unspecified atom stereocenters. The molecule has 0 aromatic heterocycles. The minimum Gasteiger partial charge on any atom is -0.390 e. The number of hydrogen-bond donors (Lipinski definition) is 1. The van der Waals surface area contributed by atoms with Gasteiger partial charge in [0.05, 0.1) is 5.60 Å². The van der Waals surface area contributed by atoms with Crippen molar-refractivity contribution in [3.05, 3.63) is 0 Å². The molecule has 0 radical (unpaired) electrons. The van der Waals surface area contributed by atoms with Crippen molar-refractivity contribution in [2.75, 3.05) is 0 Å². The fraction of sp³-hybridized carbons (Fsp3) is 1.00. The standard InChI is InChI=1S/C9H20O/c1-5-9(4,10)7-6-8(2)3/h8,10H,5-7H2,1-4H3/t9-/m0/s1. The van der Waals surface area contributed by atoms with E-state index in [1.165, 1.54) is 0 Å². The Balaban J connectivity index is 3.46. The molecule has 0 bridgehead atoms. The molecular formula is C9H20O. The van der Waals surface area contributed by atoms with E-state index in [0.29, 0.717) is 5.92 Å². The van der Waals surface area contributed by atoms with Gasteiger partial charge in [-0.2, -0.15) is 0 Å². The van der Waals surface area contributed by atoms with E-state index in [2.05, 4.69) is 13.8 Å². The van der Waals surface area contributed by atoms with Gasteiger partial charge in [0.15, 0.2) is 0 Å². The summed E-state index contributed by atoms with van der Waals surface area (Å²) >= 11 is 0. The summed E-state index contributed by atoms with van der Waals surface area (Å²) in [6.45, 7) is 8.31. The van der Waals surface area contributed by atoms with Crippen LogP contribution in [-0.4, -0.2) is 10.7 Å². The molecule has 62 valence electrons. The highest BCUT2D eigenvalue weighted by Gasteiger charge is 2.16. The Morgan fingerprint density at radius 1 is 1.40 bits per heavy atom. The molecule has 0 aromatic carbocycles. The monoisotopic (exact) mass is 144 g/mol. The number of rotatable bonds is 4. The second-order valence-electron chi connectivity index (χ2n) is 3.78. The lowest BCUT2D eigenvalue weighted by Crippen LogP contribution is -2.22. The lowest BCUT2D eigenvalue weighted by atomic mass is 9.93. The van der Waals surface area contributed by atoms with Crippen molar-refractivity contribution in [3.8, 4) is 0 Å². The molecule has 0 aliphatic carbocycles. The van der Waals surface area contributed by atoms with Gasteiger partial charge in [-0.3, -0.25) is 0 Å². The predicted molar refractivity (Wildman–Crippen MR) is 45.0 cm³/mol. The van der Waals surface area contributed by atoms with Gasteiger partial charge in [0.25, 0.3) is 0 Å². The summed E-state index contributed by atoms with van der Waals surface area (Å²) in [5.74, 6) is 0.707. The third-order valence-corrected chi connectivity index (χ3v) is 2.02. The van der Waals surface area contributed by atoms with Gasteiger partial charge in [-0.25, -0.2) is 0 Å². The van der Waals surface area contributed by atoms with E-state index in [4.69, 9.17) is 0 Å². The minimum atomic E-state index is -0.426. The highest BCUT2D eigenvalue weighted by Crippen LogP contribution is 2.18. The van der Waals surface area contributed by atoms with E-state index in [9.17, 15) is 5.11 Å². The number of hydrogen-bond acceptors (Lipinski definition) is 1. The Morgan fingerprint density at radius 2 is 1.90 bits per heavy atom. The van der Waals surface area contributed by atoms with Gasteiger partial charge in [-0.05, 0) is 32.1 Å². The SMILES string of the molecule is CC[C@](C)(O)CCC(C)C. The van der Waals surface area contributed by atoms with E-state index in [1.807, 2.05) is 13.8 Å². The topological polar surface area (TPSA) is 20.2 Å². The molecule has 0 aliphatic heterocycles. The van der Waals surface area contributed by atoms with Gasteiger partial charge in [-0.1, -0.05) is 20.8 Å². The van der Waals surface area contributed by atoms with Gasteiger partial charge in [-0.15, -0.1) is 0 Å². The molecule has 10 heavy (non-hydrogen) atoms. The van der Waals surface area contributed by atoms with Crippen LogP contribution in [0.5, 0.6) is 0 Å². The van der Waals surface area contributed by atoms with Crippen molar-refractivity contribution in [2.24, 2.45) is 5.92 Å². The molecule has 1 heteroatoms. The summed E-state index contributed by atoms with van der Waals surface area (Å²) in [5, 5.41) is 9.57. The first-order valence-corrected chi connectivity index (χ1v) is 4.20. The van der Waals surface area contributed by atoms with Gasteiger partial charge < -0.3 is 5.11 Å². The van der Waals surface area contributed by atoms with Gasteiger partial charge >= 0.3 is 0 Å². The summed E-state index contributed by atoms with van der Waals surface area (Å²) in [7, 11) is 0. The molecule has 0 spiro atoms. The zero-order valence-electron chi connectivity index (χ0n) is 7.65. The van der Waals surface area contributed by atoms with Crippen LogP contribution in [0.25, 0.3) is 0 Å². The van der Waals surface area contributed by atoms with Gasteiger partial charge in [0.2, 0.25) is 0 Å². The molecule has 0 fully saturated rings. The highest BCUT2D eigenvalue weighted by molar-refractivity contribution is 4.70. The van der Waals surface area contributed by atoms with Gasteiger partial charge in [0, 0.05) is 0 Å². The van der Waals surface area contributed by atoms with Crippen molar-refractivity contribution in [2.45, 2.75) is 52.6 Å². The highest BCUT2D eigenvalue weighted by atomic mass is 16.3. The van der Waals surface area contributed by atoms with Crippen LogP contribution in [0.15, 0.2) is 0 Å². The fourth-order valence-electron chi connectivity index (χ4n) is 0.776. The maximum absolute atomic E-state index is 9.57. The second-order valence-corrected chi connectivity index (χ2v) is 3.78. The predicted octanol–water partition coefficient (Wildman–Crippen LogP) is 2.58. The Labute approximate surface area is 64.5 Å². The van der Waals surface area contributed by atoms with Gasteiger partial charge in [0.1, 0.15) is 0 Å². The van der Waals surface area contributed by atoms with Crippen molar-refractivity contribution in [1.29, 1.82) is 0 Å². The molecular weight excluding hydrogens is 124 g/mol. The molecule has 1 nitrogen and oxygen atoms in total. The summed E-state index contributed by atoms with van der Waals surface area (Å²) < 4.78 is 0. The lowest BCUT2D eigenvalue weighted by Gasteiger charge is -2.21. The van der Waals surface area contributed by atoms with Crippen LogP contribution < -0.4 is 0 Å². The Bertz CT molecular complexity index is 84.7. The Hall–Kier alpha value is -0.0400. The van der Waals surface area contributed by atoms with E-state index < -0.39 is 5.60 Å². The lowest BCUT2D eigenvalue weighted by molar-refractivity contribution is 0.0416. The van der Waals surface area contributed by atoms with Crippen LogP contribution in [-0.2, 0) is 0 Å². The fourth-order valence-corrected chi connectivity index (χ4v) is 0.776. The maximum atomic E-state index is 9.57. The van der Waals surface area contributed by atoms with Crippen molar-refractivity contribution in [1.82, 2.24) is 0 Å². The largest absolute Gasteiger partial charge is 0.390 e. The number of aliphatic hydroxyl groups is 1. The average molecular weight is 144 g/mol. The van der Waals surface area contributed by atoms with Crippen molar-refractivity contribution in [3.63, 3.8) is 0 Å². The third kappa shape index (κ3) is 4.80. The van der Waals surface area contributed by atoms with E-state index in [-0.39, 0.29) is 0 Å². The first-order valence-electron chi connectivity index (χ1n) is 4.20. The van der Waals surface area contributed by atoms with E-state index in [0.717, 1.165) is 19.3 Å². The average Bonchev–Trinajstić information content (AvgIpc) is 1.85. The molecule has 0 aromatic rings. The molecule has 0 heterocycles. The summed E-state index contributed by atoms with van der Waals surface area (Å²) in [6.07, 6.45) is 2.92. The third-order valence-electron chi connectivity index (χ3n) is 2.02. The van der Waals surface area contributed by atoms with Crippen LogP contribution in [0.2, 0.25) is 0 Å². The first-order chi connectivity index (χ1) is 4.48. The molecule has 0 aliphatic rings. The van der Waals surface area contributed by atoms with Crippen LogP contribution in [0.1, 0.15) is 47.0 Å². The molecule has 0 saturated carbocycles. The maximum Gasteiger partial charge on any atom is 0.0617 e. The smallest absolute Gasteiger partial charge is 0.0617 e.